The van der Waals surface area contributed by atoms with Crippen LogP contribution in [0.4, 0.5) is 10.2 Å². The van der Waals surface area contributed by atoms with Gasteiger partial charge in [0.2, 0.25) is 0 Å². The van der Waals surface area contributed by atoms with E-state index < -0.39 is 6.50 Å². The minimum absolute atomic E-state index is 0.0210. The second-order valence-electron chi connectivity index (χ2n) is 8.13. The largest absolute Gasteiger partial charge is 0.381 e. The first-order valence-electron chi connectivity index (χ1n) is 11.9. The lowest BCUT2D eigenvalue weighted by Crippen LogP contribution is -2.36. The number of halogens is 2. The van der Waals surface area contributed by atoms with Gasteiger partial charge in [0.25, 0.3) is 0 Å². The van der Waals surface area contributed by atoms with Gasteiger partial charge in [0.05, 0.1) is 10.7 Å². The quantitative estimate of drug-likeness (QED) is 0.518. The Morgan fingerprint density at radius 1 is 1.25 bits per heavy atom. The molecule has 4 heterocycles. The fourth-order valence-corrected chi connectivity index (χ4v) is 5.52. The standard InChI is InChI=1S/C24H26ClFN4OS/c25-21-2-1-18(26)11-20(21)22-3-4-24(29-28-22)27-12-17-15-32-23-14-30(8-5-19(17)23)13-16-6-9-31-10-7-16/h1-4,11,15-16H,5-10,12-14H2,(H,27,29)/i13D2. The topological polar surface area (TPSA) is 50.3 Å². The van der Waals surface area contributed by atoms with E-state index >= 15 is 0 Å². The number of nitrogens with zero attached hydrogens (tertiary/aromatic N) is 3. The molecular formula is C24H26ClFN4OS. The van der Waals surface area contributed by atoms with Crippen molar-refractivity contribution in [3.63, 3.8) is 0 Å². The maximum Gasteiger partial charge on any atom is 0.148 e. The van der Waals surface area contributed by atoms with Crippen molar-refractivity contribution in [2.75, 3.05) is 31.6 Å². The lowest BCUT2D eigenvalue weighted by molar-refractivity contribution is 0.0508. The Kier molecular flexibility index (Phi) is 5.96. The molecule has 5 nitrogen and oxygen atoms in total. The van der Waals surface area contributed by atoms with Gasteiger partial charge >= 0.3 is 0 Å². The molecule has 5 rings (SSSR count). The van der Waals surface area contributed by atoms with Crippen LogP contribution in [0.2, 0.25) is 5.02 Å². The normalized spacial score (nSPS) is 18.7. The molecule has 0 amide bonds. The number of nitrogens with one attached hydrogen (secondary N) is 1. The van der Waals surface area contributed by atoms with Crippen LogP contribution >= 0.6 is 22.9 Å². The SMILES string of the molecule is [2H]C([2H])(C1CCOCC1)N1CCc2c(CNc3ccc(-c4cc(F)ccc4Cl)nn3)csc2C1. The molecule has 2 aliphatic heterocycles. The summed E-state index contributed by atoms with van der Waals surface area (Å²) in [6.45, 7) is 1.96. The molecule has 1 fully saturated rings. The van der Waals surface area contributed by atoms with E-state index in [1.165, 1.54) is 34.2 Å². The molecule has 0 unspecified atom stereocenters. The van der Waals surface area contributed by atoms with Crippen LogP contribution in [0.15, 0.2) is 35.7 Å². The van der Waals surface area contributed by atoms with E-state index in [9.17, 15) is 4.39 Å². The molecule has 1 N–H and O–H groups in total. The molecule has 2 aromatic heterocycles. The summed E-state index contributed by atoms with van der Waals surface area (Å²) in [6.07, 6.45) is 2.39. The first-order valence-corrected chi connectivity index (χ1v) is 12.1. The summed E-state index contributed by atoms with van der Waals surface area (Å²) in [6, 6.07) is 7.76. The highest BCUT2D eigenvalue weighted by molar-refractivity contribution is 7.10. The third kappa shape index (κ3) is 4.96. The third-order valence-corrected chi connectivity index (χ3v) is 7.34. The van der Waals surface area contributed by atoms with Crippen LogP contribution < -0.4 is 5.32 Å². The van der Waals surface area contributed by atoms with Crippen molar-refractivity contribution in [2.45, 2.75) is 32.4 Å². The van der Waals surface area contributed by atoms with Gasteiger partial charge < -0.3 is 10.1 Å². The lowest BCUT2D eigenvalue weighted by Gasteiger charge is -2.32. The van der Waals surface area contributed by atoms with E-state index in [-0.39, 0.29) is 11.7 Å². The third-order valence-electron chi connectivity index (χ3n) is 5.95. The monoisotopic (exact) mass is 474 g/mol. The van der Waals surface area contributed by atoms with Crippen LogP contribution in [0.1, 0.15) is 31.6 Å². The average molecular weight is 475 g/mol. The van der Waals surface area contributed by atoms with Crippen LogP contribution in [0.5, 0.6) is 0 Å². The van der Waals surface area contributed by atoms with Gasteiger partial charge in [-0.25, -0.2) is 4.39 Å². The Bertz CT molecular complexity index is 1150. The Balaban J connectivity index is 1.22. The molecule has 1 aromatic carbocycles. The average Bonchev–Trinajstić information content (AvgIpc) is 3.27. The molecule has 3 aromatic rings. The molecule has 168 valence electrons. The van der Waals surface area contributed by atoms with E-state index in [1.54, 1.807) is 17.4 Å². The van der Waals surface area contributed by atoms with E-state index in [1.807, 2.05) is 11.0 Å². The van der Waals surface area contributed by atoms with E-state index in [4.69, 9.17) is 19.1 Å². The summed E-state index contributed by atoms with van der Waals surface area (Å²) in [5, 5.41) is 14.3. The zero-order valence-corrected chi connectivity index (χ0v) is 19.2. The fraction of sp³-hybridized carbons (Fsp3) is 0.417. The molecule has 0 bridgehead atoms. The molecule has 1 saturated heterocycles. The van der Waals surface area contributed by atoms with E-state index in [0.29, 0.717) is 54.9 Å². The van der Waals surface area contributed by atoms with Crippen molar-refractivity contribution in [1.29, 1.82) is 0 Å². The van der Waals surface area contributed by atoms with E-state index in [0.717, 1.165) is 19.3 Å². The van der Waals surface area contributed by atoms with Gasteiger partial charge in [-0.15, -0.1) is 21.5 Å². The number of aromatic nitrogens is 2. The zero-order valence-electron chi connectivity index (χ0n) is 19.6. The van der Waals surface area contributed by atoms with Gasteiger partial charge in [0.15, 0.2) is 0 Å². The number of anilines is 1. The molecule has 0 aliphatic carbocycles. The predicted molar refractivity (Wildman–Crippen MR) is 127 cm³/mol. The molecule has 0 radical (unpaired) electrons. The highest BCUT2D eigenvalue weighted by Crippen LogP contribution is 2.31. The Hall–Kier alpha value is -2.06. The molecule has 0 atom stereocenters. The number of rotatable bonds is 6. The molecule has 8 heteroatoms. The van der Waals surface area contributed by atoms with Crippen molar-refractivity contribution in [3.8, 4) is 11.3 Å². The molecule has 0 spiro atoms. The van der Waals surface area contributed by atoms with Crippen LogP contribution in [0, 0.1) is 11.7 Å². The van der Waals surface area contributed by atoms with Gasteiger partial charge in [0, 0.05) is 52.5 Å². The zero-order chi connectivity index (χ0) is 23.7. The number of fused-ring (bicyclic) bond motifs is 1. The Morgan fingerprint density at radius 3 is 2.94 bits per heavy atom. The highest BCUT2D eigenvalue weighted by Gasteiger charge is 2.24. The summed E-state index contributed by atoms with van der Waals surface area (Å²) < 4.78 is 36.5. The maximum atomic E-state index is 13.6. The van der Waals surface area contributed by atoms with Crippen molar-refractivity contribution in [3.05, 3.63) is 62.6 Å². The number of thiophene rings is 1. The van der Waals surface area contributed by atoms with Crippen molar-refractivity contribution >= 4 is 28.8 Å². The second kappa shape index (κ2) is 9.83. The van der Waals surface area contributed by atoms with Crippen molar-refractivity contribution < 1.29 is 11.9 Å². The summed E-state index contributed by atoms with van der Waals surface area (Å²) in [5.74, 6) is 0.280. The molecule has 0 saturated carbocycles. The Morgan fingerprint density at radius 2 is 2.12 bits per heavy atom. The number of hydrogen-bond donors (Lipinski definition) is 1. The Labute approximate surface area is 199 Å². The maximum absolute atomic E-state index is 13.6. The summed E-state index contributed by atoms with van der Waals surface area (Å²) >= 11 is 7.86. The fourth-order valence-electron chi connectivity index (χ4n) is 4.19. The summed E-state index contributed by atoms with van der Waals surface area (Å²) in [4.78, 5) is 3.24. The van der Waals surface area contributed by atoms with Crippen LogP contribution in [0.25, 0.3) is 11.3 Å². The van der Waals surface area contributed by atoms with E-state index in [2.05, 4.69) is 20.9 Å². The van der Waals surface area contributed by atoms with Crippen LogP contribution in [-0.2, 0) is 24.2 Å². The number of benzene rings is 1. The number of ether oxygens (including phenoxy) is 1. The van der Waals surface area contributed by atoms with Gasteiger partial charge in [-0.05, 0) is 72.0 Å². The van der Waals surface area contributed by atoms with Gasteiger partial charge in [-0.2, -0.15) is 0 Å². The molecule has 32 heavy (non-hydrogen) atoms. The molecule has 2 aliphatic rings. The minimum atomic E-state index is -1.31. The first kappa shape index (κ1) is 19.4. The van der Waals surface area contributed by atoms with Gasteiger partial charge in [-0.3, -0.25) is 4.90 Å². The first-order chi connectivity index (χ1) is 16.4. The van der Waals surface area contributed by atoms with Gasteiger partial charge in [0.1, 0.15) is 11.6 Å². The summed E-state index contributed by atoms with van der Waals surface area (Å²) in [7, 11) is 0. The highest BCUT2D eigenvalue weighted by atomic mass is 35.5. The lowest BCUT2D eigenvalue weighted by atomic mass is 9.97. The van der Waals surface area contributed by atoms with Crippen molar-refractivity contribution in [2.24, 2.45) is 5.92 Å². The molecular weight excluding hydrogens is 447 g/mol. The van der Waals surface area contributed by atoms with Crippen LogP contribution in [-0.4, -0.2) is 41.4 Å². The smallest absolute Gasteiger partial charge is 0.148 e. The predicted octanol–water partition coefficient (Wildman–Crippen LogP) is 5.39. The van der Waals surface area contributed by atoms with Crippen LogP contribution in [0.3, 0.4) is 0 Å². The second-order valence-corrected chi connectivity index (χ2v) is 9.50. The minimum Gasteiger partial charge on any atom is -0.381 e. The summed E-state index contributed by atoms with van der Waals surface area (Å²) in [5.41, 5.74) is 3.55. The van der Waals surface area contributed by atoms with Crippen molar-refractivity contribution in [1.82, 2.24) is 15.1 Å². The number of hydrogen-bond acceptors (Lipinski definition) is 6. The van der Waals surface area contributed by atoms with Gasteiger partial charge in [-0.1, -0.05) is 11.6 Å².